The van der Waals surface area contributed by atoms with Gasteiger partial charge in [-0.1, -0.05) is 0 Å². The van der Waals surface area contributed by atoms with E-state index in [4.69, 9.17) is 5.73 Å². The van der Waals surface area contributed by atoms with Crippen LogP contribution < -0.4 is 11.1 Å². The first-order valence-electron chi connectivity index (χ1n) is 5.80. The number of hydrogen-bond donors (Lipinski definition) is 2. The maximum atomic E-state index is 13.6. The number of anilines is 1. The van der Waals surface area contributed by atoms with Crippen LogP contribution in [0.5, 0.6) is 0 Å². The number of halogens is 2. The third-order valence-corrected chi connectivity index (χ3v) is 5.57. The molecule has 1 atom stereocenters. The number of amides is 1. The first kappa shape index (κ1) is 14.5. The lowest BCUT2D eigenvalue weighted by molar-refractivity contribution is 0.0946. The molecule has 1 unspecified atom stereocenters. The molecule has 104 valence electrons. The van der Waals surface area contributed by atoms with Gasteiger partial charge in [-0.25, -0.2) is 8.78 Å². The monoisotopic (exact) mass is 304 g/mol. The predicted molar refractivity (Wildman–Crippen MR) is 76.7 cm³/mol. The minimum absolute atomic E-state index is 0.228. The molecule has 1 aromatic rings. The van der Waals surface area contributed by atoms with Gasteiger partial charge in [0.2, 0.25) is 0 Å². The summed E-state index contributed by atoms with van der Waals surface area (Å²) in [4.78, 5) is 11.8. The van der Waals surface area contributed by atoms with E-state index in [0.29, 0.717) is 6.54 Å². The highest BCUT2D eigenvalue weighted by molar-refractivity contribution is 8.06. The Balaban J connectivity index is 2.01. The number of carbonyl (C=O) groups is 1. The van der Waals surface area contributed by atoms with Gasteiger partial charge in [0.1, 0.15) is 11.4 Å². The number of nitrogens with two attached hydrogens (primary N) is 1. The number of benzene rings is 1. The summed E-state index contributed by atoms with van der Waals surface area (Å²) < 4.78 is 27.1. The van der Waals surface area contributed by atoms with Crippen LogP contribution >= 0.6 is 23.5 Å². The summed E-state index contributed by atoms with van der Waals surface area (Å²) >= 11 is 3.58. The highest BCUT2D eigenvalue weighted by Crippen LogP contribution is 2.23. The molecule has 1 saturated heterocycles. The van der Waals surface area contributed by atoms with E-state index in [0.717, 1.165) is 29.4 Å². The van der Waals surface area contributed by atoms with Crippen LogP contribution in [0.3, 0.4) is 0 Å². The summed E-state index contributed by atoms with van der Waals surface area (Å²) in [5.41, 5.74) is 4.51. The Morgan fingerprint density at radius 1 is 1.42 bits per heavy atom. The molecule has 7 heteroatoms. The summed E-state index contributed by atoms with van der Waals surface area (Å²) in [6.45, 7) is 0.407. The number of hydrogen-bond acceptors (Lipinski definition) is 4. The summed E-state index contributed by atoms with van der Waals surface area (Å²) in [5.74, 6) is 0.434. The molecule has 3 N–H and O–H groups in total. The zero-order chi connectivity index (χ0) is 13.8. The Hall–Kier alpha value is -0.950. The van der Waals surface area contributed by atoms with E-state index in [1.54, 1.807) is 11.8 Å². The number of rotatable bonds is 3. The standard InChI is InChI=1S/C12H14F2N2OS2/c13-8-1-2-9(15)11(14)10(8)12(17)16-5-7-6-18-3-4-19-7/h1-2,7H,3-6,15H2,(H,16,17). The molecule has 1 heterocycles. The topological polar surface area (TPSA) is 55.1 Å². The average molecular weight is 304 g/mol. The third-order valence-electron chi connectivity index (χ3n) is 2.72. The summed E-state index contributed by atoms with van der Waals surface area (Å²) in [5, 5.41) is 2.86. The van der Waals surface area contributed by atoms with E-state index in [2.05, 4.69) is 5.32 Å². The lowest BCUT2D eigenvalue weighted by Crippen LogP contribution is -2.34. The van der Waals surface area contributed by atoms with E-state index in [-0.39, 0.29) is 10.9 Å². The van der Waals surface area contributed by atoms with Gasteiger partial charge in [0.15, 0.2) is 5.82 Å². The normalized spacial score (nSPS) is 19.2. The maximum absolute atomic E-state index is 13.6. The molecule has 3 nitrogen and oxygen atoms in total. The second kappa shape index (κ2) is 6.47. The van der Waals surface area contributed by atoms with Crippen molar-refractivity contribution in [2.75, 3.05) is 29.5 Å². The maximum Gasteiger partial charge on any atom is 0.257 e. The highest BCUT2D eigenvalue weighted by atomic mass is 32.2. The van der Waals surface area contributed by atoms with Crippen LogP contribution in [0.25, 0.3) is 0 Å². The molecule has 0 saturated carbocycles. The molecule has 0 bridgehead atoms. The van der Waals surface area contributed by atoms with E-state index >= 15 is 0 Å². The van der Waals surface area contributed by atoms with E-state index < -0.39 is 23.1 Å². The van der Waals surface area contributed by atoms with Gasteiger partial charge in [0, 0.05) is 29.1 Å². The van der Waals surface area contributed by atoms with Crippen LogP contribution in [-0.4, -0.2) is 35.0 Å². The van der Waals surface area contributed by atoms with Crippen molar-refractivity contribution in [1.29, 1.82) is 0 Å². The van der Waals surface area contributed by atoms with Crippen LogP contribution in [-0.2, 0) is 0 Å². The van der Waals surface area contributed by atoms with Gasteiger partial charge in [-0.3, -0.25) is 4.79 Å². The molecular weight excluding hydrogens is 290 g/mol. The Morgan fingerprint density at radius 2 is 2.21 bits per heavy atom. The third kappa shape index (κ3) is 3.54. The van der Waals surface area contributed by atoms with Gasteiger partial charge in [-0.15, -0.1) is 0 Å². The molecule has 1 aliphatic heterocycles. The average Bonchev–Trinajstić information content (AvgIpc) is 2.42. The van der Waals surface area contributed by atoms with Crippen molar-refractivity contribution < 1.29 is 13.6 Å². The van der Waals surface area contributed by atoms with Gasteiger partial charge in [0.05, 0.1) is 5.69 Å². The lowest BCUT2D eigenvalue weighted by Gasteiger charge is -2.21. The van der Waals surface area contributed by atoms with Crippen molar-refractivity contribution in [2.45, 2.75) is 5.25 Å². The number of nitrogen functional groups attached to an aromatic ring is 1. The second-order valence-electron chi connectivity index (χ2n) is 4.10. The first-order chi connectivity index (χ1) is 9.09. The molecule has 1 aliphatic rings. The molecular formula is C12H14F2N2OS2. The Bertz CT molecular complexity index is 479. The van der Waals surface area contributed by atoms with Crippen molar-refractivity contribution in [2.24, 2.45) is 0 Å². The highest BCUT2D eigenvalue weighted by Gasteiger charge is 2.21. The van der Waals surface area contributed by atoms with Crippen molar-refractivity contribution in [3.63, 3.8) is 0 Å². The lowest BCUT2D eigenvalue weighted by atomic mass is 10.1. The smallest absolute Gasteiger partial charge is 0.257 e. The van der Waals surface area contributed by atoms with Crippen LogP contribution in [0.15, 0.2) is 12.1 Å². The number of nitrogens with one attached hydrogen (secondary N) is 1. The molecule has 19 heavy (non-hydrogen) atoms. The molecule has 0 radical (unpaired) electrons. The van der Waals surface area contributed by atoms with Gasteiger partial charge in [-0.2, -0.15) is 23.5 Å². The Morgan fingerprint density at radius 3 is 2.89 bits per heavy atom. The van der Waals surface area contributed by atoms with Crippen LogP contribution in [0, 0.1) is 11.6 Å². The first-order valence-corrected chi connectivity index (χ1v) is 8.01. The summed E-state index contributed by atoms with van der Waals surface area (Å²) in [6.07, 6.45) is 0. The van der Waals surface area contributed by atoms with Gasteiger partial charge < -0.3 is 11.1 Å². The van der Waals surface area contributed by atoms with Gasteiger partial charge in [-0.05, 0) is 12.1 Å². The molecule has 2 rings (SSSR count). The Labute approximate surface area is 118 Å². The Kier molecular flexibility index (Phi) is 4.93. The number of carbonyl (C=O) groups excluding carboxylic acids is 1. The SMILES string of the molecule is Nc1ccc(F)c(C(=O)NCC2CSCCS2)c1F. The zero-order valence-corrected chi connectivity index (χ0v) is 11.8. The molecule has 1 aromatic carbocycles. The van der Waals surface area contributed by atoms with Gasteiger partial charge >= 0.3 is 0 Å². The van der Waals surface area contributed by atoms with Crippen molar-refractivity contribution in [3.8, 4) is 0 Å². The van der Waals surface area contributed by atoms with E-state index in [9.17, 15) is 13.6 Å². The van der Waals surface area contributed by atoms with Crippen molar-refractivity contribution in [3.05, 3.63) is 29.3 Å². The van der Waals surface area contributed by atoms with Crippen LogP contribution in [0.1, 0.15) is 10.4 Å². The van der Waals surface area contributed by atoms with Crippen molar-refractivity contribution >= 4 is 35.1 Å². The number of thioether (sulfide) groups is 2. The largest absolute Gasteiger partial charge is 0.396 e. The van der Waals surface area contributed by atoms with Crippen LogP contribution in [0.2, 0.25) is 0 Å². The molecule has 0 aromatic heterocycles. The minimum Gasteiger partial charge on any atom is -0.396 e. The predicted octanol–water partition coefficient (Wildman–Crippen LogP) is 2.13. The zero-order valence-electron chi connectivity index (χ0n) is 10.1. The molecule has 1 fully saturated rings. The summed E-state index contributed by atoms with van der Waals surface area (Å²) in [6, 6.07) is 2.10. The fraction of sp³-hybridized carbons (Fsp3) is 0.417. The van der Waals surface area contributed by atoms with E-state index in [1.165, 1.54) is 0 Å². The van der Waals surface area contributed by atoms with Crippen molar-refractivity contribution in [1.82, 2.24) is 5.32 Å². The fourth-order valence-electron chi connectivity index (χ4n) is 1.73. The second-order valence-corrected chi connectivity index (χ2v) is 6.66. The quantitative estimate of drug-likeness (QED) is 0.840. The fourth-order valence-corrected chi connectivity index (χ4v) is 4.34. The van der Waals surface area contributed by atoms with E-state index in [1.807, 2.05) is 11.8 Å². The molecule has 0 spiro atoms. The molecule has 1 amide bonds. The molecule has 0 aliphatic carbocycles. The minimum atomic E-state index is -0.997. The van der Waals surface area contributed by atoms with Gasteiger partial charge in [0.25, 0.3) is 5.91 Å². The van der Waals surface area contributed by atoms with Crippen LogP contribution in [0.4, 0.5) is 14.5 Å². The summed E-state index contributed by atoms with van der Waals surface area (Å²) in [7, 11) is 0.